The molecule has 3 rings (SSSR count). The first-order chi connectivity index (χ1) is 11.9. The van der Waals surface area contributed by atoms with Gasteiger partial charge in [-0.3, -0.25) is 4.79 Å². The molecule has 0 spiro atoms. The van der Waals surface area contributed by atoms with Gasteiger partial charge in [-0.25, -0.2) is 13.1 Å². The van der Waals surface area contributed by atoms with Crippen LogP contribution in [-0.2, 0) is 21.4 Å². The first-order valence-electron chi connectivity index (χ1n) is 7.97. The molecule has 6 nitrogen and oxygen atoms in total. The maximum Gasteiger partial charge on any atom is 0.241 e. The van der Waals surface area contributed by atoms with E-state index in [1.807, 2.05) is 0 Å². The van der Waals surface area contributed by atoms with Crippen molar-refractivity contribution in [2.45, 2.75) is 41.9 Å². The molecule has 134 valence electrons. The summed E-state index contributed by atoms with van der Waals surface area (Å²) < 4.78 is 32.8. The molecule has 1 atom stereocenters. The van der Waals surface area contributed by atoms with E-state index in [-0.39, 0.29) is 17.3 Å². The Hall–Kier alpha value is -1.77. The zero-order chi connectivity index (χ0) is 18.0. The molecule has 25 heavy (non-hydrogen) atoms. The highest BCUT2D eigenvalue weighted by Crippen LogP contribution is 2.38. The van der Waals surface area contributed by atoms with Gasteiger partial charge < -0.3 is 9.32 Å². The maximum atomic E-state index is 12.6. The summed E-state index contributed by atoms with van der Waals surface area (Å²) in [6.45, 7) is 4.27. The zero-order valence-electron chi connectivity index (χ0n) is 14.1. The van der Waals surface area contributed by atoms with Crippen LogP contribution < -0.4 is 9.62 Å². The van der Waals surface area contributed by atoms with Crippen LogP contribution in [0, 0.1) is 0 Å². The Morgan fingerprint density at radius 1 is 1.40 bits per heavy atom. The van der Waals surface area contributed by atoms with Gasteiger partial charge in [-0.1, -0.05) is 6.92 Å². The second-order valence-corrected chi connectivity index (χ2v) is 9.17. The Balaban J connectivity index is 1.91. The summed E-state index contributed by atoms with van der Waals surface area (Å²) >= 11 is 1.66. The summed E-state index contributed by atoms with van der Waals surface area (Å²) in [5.41, 5.74) is 0.655. The number of hydrogen-bond donors (Lipinski definition) is 1. The molecule has 2 heterocycles. The molecule has 1 aliphatic heterocycles. The van der Waals surface area contributed by atoms with Crippen LogP contribution in [0.25, 0.3) is 0 Å². The van der Waals surface area contributed by atoms with Crippen LogP contribution in [0.15, 0.2) is 50.8 Å². The molecule has 8 heteroatoms. The second kappa shape index (κ2) is 7.23. The Kier molecular flexibility index (Phi) is 5.21. The summed E-state index contributed by atoms with van der Waals surface area (Å²) in [4.78, 5) is 14.7. The minimum Gasteiger partial charge on any atom is -0.468 e. The molecular formula is C17H20N2O4S2. The average Bonchev–Trinajstić information content (AvgIpc) is 3.01. The van der Waals surface area contributed by atoms with Gasteiger partial charge in [0.15, 0.2) is 0 Å². The van der Waals surface area contributed by atoms with Gasteiger partial charge in [0.1, 0.15) is 5.76 Å². The largest absolute Gasteiger partial charge is 0.468 e. The van der Waals surface area contributed by atoms with Crippen LogP contribution in [0.2, 0.25) is 0 Å². The number of nitrogens with one attached hydrogen (secondary N) is 1. The highest BCUT2D eigenvalue weighted by molar-refractivity contribution is 8.00. The van der Waals surface area contributed by atoms with Crippen LogP contribution in [0.5, 0.6) is 0 Å². The maximum absolute atomic E-state index is 12.6. The van der Waals surface area contributed by atoms with Crippen LogP contribution in [-0.4, -0.2) is 26.1 Å². The molecular weight excluding hydrogens is 360 g/mol. The first-order valence-corrected chi connectivity index (χ1v) is 10.3. The Bertz CT molecular complexity index is 863. The second-order valence-electron chi connectivity index (χ2n) is 5.92. The minimum absolute atomic E-state index is 0.0780. The fraction of sp³-hybridized carbons (Fsp3) is 0.353. The molecule has 0 saturated carbocycles. The van der Waals surface area contributed by atoms with E-state index in [1.54, 1.807) is 47.0 Å². The summed E-state index contributed by atoms with van der Waals surface area (Å²) in [5.74, 6) is 0.446. The number of carbonyl (C=O) groups excluding carboxylic acids is 1. The molecule has 2 aromatic rings. The van der Waals surface area contributed by atoms with Crippen molar-refractivity contribution in [1.29, 1.82) is 0 Å². The third-order valence-electron chi connectivity index (χ3n) is 4.02. The number of rotatable bonds is 4. The van der Waals surface area contributed by atoms with Crippen molar-refractivity contribution in [2.24, 2.45) is 0 Å². The van der Waals surface area contributed by atoms with Crippen LogP contribution >= 0.6 is 11.8 Å². The number of carbonyl (C=O) groups is 1. The lowest BCUT2D eigenvalue weighted by atomic mass is 10.2. The van der Waals surface area contributed by atoms with Crippen molar-refractivity contribution in [1.82, 2.24) is 4.72 Å². The minimum atomic E-state index is -3.70. The van der Waals surface area contributed by atoms with Gasteiger partial charge in [-0.05, 0) is 36.8 Å². The van der Waals surface area contributed by atoms with Gasteiger partial charge in [0, 0.05) is 23.6 Å². The molecule has 0 saturated heterocycles. The van der Waals surface area contributed by atoms with Gasteiger partial charge in [-0.2, -0.15) is 0 Å². The molecule has 0 fully saturated rings. The summed E-state index contributed by atoms with van der Waals surface area (Å²) in [5, 5.41) is 0.364. The van der Waals surface area contributed by atoms with Gasteiger partial charge in [0.25, 0.3) is 0 Å². The Morgan fingerprint density at radius 2 is 2.20 bits per heavy atom. The molecule has 1 N–H and O–H groups in total. The van der Waals surface area contributed by atoms with Crippen LogP contribution in [0.4, 0.5) is 5.69 Å². The number of thioether (sulfide) groups is 1. The number of amides is 1. The summed E-state index contributed by atoms with van der Waals surface area (Å²) in [6.07, 6.45) is 2.35. The van der Waals surface area contributed by atoms with E-state index in [0.717, 1.165) is 11.3 Å². The van der Waals surface area contributed by atoms with E-state index >= 15 is 0 Å². The van der Waals surface area contributed by atoms with Crippen molar-refractivity contribution in [3.63, 3.8) is 0 Å². The third-order valence-corrected chi connectivity index (χ3v) is 6.65. The van der Waals surface area contributed by atoms with Crippen molar-refractivity contribution in [3.8, 4) is 0 Å². The Morgan fingerprint density at radius 3 is 2.88 bits per heavy atom. The lowest BCUT2D eigenvalue weighted by Crippen LogP contribution is -2.30. The standard InChI is InChI=1S/C17H20N2O4S2/c1-12-7-8-19(13(2)20)16-10-15(5-6-17(16)24-12)25(21,22)18-11-14-4-3-9-23-14/h3-6,9-10,12,18H,7-8,11H2,1-2H3. The van der Waals surface area contributed by atoms with Crippen molar-refractivity contribution < 1.29 is 17.6 Å². The van der Waals surface area contributed by atoms with Crippen molar-refractivity contribution >= 4 is 33.4 Å². The van der Waals surface area contributed by atoms with Crippen LogP contribution in [0.1, 0.15) is 26.0 Å². The zero-order valence-corrected chi connectivity index (χ0v) is 15.7. The van der Waals surface area contributed by atoms with E-state index in [9.17, 15) is 13.2 Å². The third kappa shape index (κ3) is 4.08. The van der Waals surface area contributed by atoms with E-state index in [0.29, 0.717) is 23.2 Å². The number of sulfonamides is 1. The van der Waals surface area contributed by atoms with E-state index < -0.39 is 10.0 Å². The van der Waals surface area contributed by atoms with Gasteiger partial charge in [0.2, 0.25) is 15.9 Å². The highest BCUT2D eigenvalue weighted by Gasteiger charge is 2.25. The molecule has 1 amide bonds. The smallest absolute Gasteiger partial charge is 0.241 e. The average molecular weight is 380 g/mol. The van der Waals surface area contributed by atoms with E-state index in [1.165, 1.54) is 13.2 Å². The topological polar surface area (TPSA) is 79.6 Å². The number of benzene rings is 1. The summed E-state index contributed by atoms with van der Waals surface area (Å²) in [7, 11) is -3.70. The fourth-order valence-corrected chi connectivity index (χ4v) is 4.78. The number of nitrogens with zero attached hydrogens (tertiary/aromatic N) is 1. The molecule has 1 unspecified atom stereocenters. The quantitative estimate of drug-likeness (QED) is 0.882. The van der Waals surface area contributed by atoms with E-state index in [4.69, 9.17) is 4.42 Å². The number of furan rings is 1. The van der Waals surface area contributed by atoms with Gasteiger partial charge in [-0.15, -0.1) is 11.8 Å². The molecule has 0 bridgehead atoms. The van der Waals surface area contributed by atoms with Gasteiger partial charge in [0.05, 0.1) is 23.4 Å². The number of fused-ring (bicyclic) bond motifs is 1. The lowest BCUT2D eigenvalue weighted by molar-refractivity contribution is -0.116. The predicted octanol–water partition coefficient (Wildman–Crippen LogP) is 3.00. The Labute approximate surface area is 151 Å². The lowest BCUT2D eigenvalue weighted by Gasteiger charge is -2.21. The van der Waals surface area contributed by atoms with Crippen LogP contribution in [0.3, 0.4) is 0 Å². The molecule has 0 radical (unpaired) electrons. The normalized spacial score (nSPS) is 17.8. The van der Waals surface area contributed by atoms with E-state index in [2.05, 4.69) is 11.6 Å². The predicted molar refractivity (Wildman–Crippen MR) is 97.1 cm³/mol. The fourth-order valence-electron chi connectivity index (χ4n) is 2.67. The number of anilines is 1. The highest BCUT2D eigenvalue weighted by atomic mass is 32.2. The van der Waals surface area contributed by atoms with Gasteiger partial charge >= 0.3 is 0 Å². The summed E-state index contributed by atoms with van der Waals surface area (Å²) in [6, 6.07) is 8.34. The SMILES string of the molecule is CC(=O)N1CCC(C)Sc2ccc(S(=O)(=O)NCc3ccco3)cc21. The number of hydrogen-bond acceptors (Lipinski definition) is 5. The molecule has 1 aromatic heterocycles. The molecule has 1 aromatic carbocycles. The molecule has 1 aliphatic rings. The molecule has 0 aliphatic carbocycles. The first kappa shape index (κ1) is 18.0. The monoisotopic (exact) mass is 380 g/mol. The van der Waals surface area contributed by atoms with Crippen molar-refractivity contribution in [3.05, 3.63) is 42.4 Å². The van der Waals surface area contributed by atoms with Crippen molar-refractivity contribution in [2.75, 3.05) is 11.4 Å².